The smallest absolute Gasteiger partial charge is 0.149 e. The summed E-state index contributed by atoms with van der Waals surface area (Å²) < 4.78 is 2.11. The van der Waals surface area contributed by atoms with E-state index in [1.807, 2.05) is 36.0 Å². The molecule has 0 aliphatic rings. The number of fused-ring (bicyclic) bond motifs is 1. The van der Waals surface area contributed by atoms with E-state index >= 15 is 0 Å². The fraction of sp³-hybridized carbons (Fsp3) is 0.217. The highest BCUT2D eigenvalue weighted by molar-refractivity contribution is 7.99. The molecule has 3 nitrogen and oxygen atoms in total. The Labute approximate surface area is 174 Å². The van der Waals surface area contributed by atoms with E-state index < -0.39 is 0 Å². The monoisotopic (exact) mass is 407 g/mol. The first-order valence-electron chi connectivity index (χ1n) is 9.58. The molecular weight excluding hydrogens is 386 g/mol. The van der Waals surface area contributed by atoms with E-state index in [1.165, 1.54) is 24.8 Å². The molecule has 28 heavy (non-hydrogen) atoms. The molecule has 0 saturated carbocycles. The van der Waals surface area contributed by atoms with E-state index in [0.29, 0.717) is 5.02 Å². The third kappa shape index (κ3) is 3.94. The van der Waals surface area contributed by atoms with Crippen molar-refractivity contribution in [2.75, 3.05) is 5.75 Å². The molecule has 4 aromatic rings. The summed E-state index contributed by atoms with van der Waals surface area (Å²) in [6, 6.07) is 18.3. The van der Waals surface area contributed by atoms with Crippen molar-refractivity contribution in [1.29, 1.82) is 0 Å². The first-order valence-corrected chi connectivity index (χ1v) is 10.9. The summed E-state index contributed by atoms with van der Waals surface area (Å²) in [7, 11) is 0. The highest BCUT2D eigenvalue weighted by atomic mass is 35.5. The number of halogens is 1. The van der Waals surface area contributed by atoms with Crippen LogP contribution in [0.2, 0.25) is 5.02 Å². The van der Waals surface area contributed by atoms with Gasteiger partial charge in [0.15, 0.2) is 0 Å². The minimum absolute atomic E-state index is 0.712. The van der Waals surface area contributed by atoms with E-state index in [0.717, 1.165) is 33.1 Å². The predicted molar refractivity (Wildman–Crippen MR) is 120 cm³/mol. The second-order valence-corrected chi connectivity index (χ2v) is 8.21. The average Bonchev–Trinajstić information content (AvgIpc) is 3.12. The lowest BCUT2D eigenvalue weighted by atomic mass is 10.1. The highest BCUT2D eigenvalue weighted by Gasteiger charge is 2.17. The summed E-state index contributed by atoms with van der Waals surface area (Å²) in [5.41, 5.74) is 4.22. The van der Waals surface area contributed by atoms with Gasteiger partial charge in [-0.3, -0.25) is 0 Å². The van der Waals surface area contributed by atoms with E-state index in [2.05, 4.69) is 58.0 Å². The Morgan fingerprint density at radius 3 is 2.64 bits per heavy atom. The fourth-order valence-electron chi connectivity index (χ4n) is 3.32. The predicted octanol–water partition coefficient (Wildman–Crippen LogP) is 7.02. The maximum Gasteiger partial charge on any atom is 0.149 e. The van der Waals surface area contributed by atoms with E-state index in [-0.39, 0.29) is 0 Å². The summed E-state index contributed by atoms with van der Waals surface area (Å²) in [4.78, 5) is 9.26. The maximum atomic E-state index is 6.25. The molecule has 0 N–H and O–H groups in total. The van der Waals surface area contributed by atoms with Gasteiger partial charge in [-0.2, -0.15) is 0 Å². The maximum absolute atomic E-state index is 6.25. The number of hydrogen-bond donors (Lipinski definition) is 0. The number of aromatic nitrogens is 3. The number of hydrogen-bond acceptors (Lipinski definition) is 3. The molecule has 0 bridgehead atoms. The van der Waals surface area contributed by atoms with Crippen LogP contribution in [0.5, 0.6) is 0 Å². The zero-order chi connectivity index (χ0) is 19.3. The van der Waals surface area contributed by atoms with Gasteiger partial charge in [0.05, 0.1) is 5.39 Å². The molecule has 0 amide bonds. The second-order valence-electron chi connectivity index (χ2n) is 6.69. The molecule has 2 aromatic heterocycles. The summed E-state index contributed by atoms with van der Waals surface area (Å²) in [6.45, 7) is 2.23. The number of benzene rings is 2. The van der Waals surface area contributed by atoms with Crippen LogP contribution in [0.3, 0.4) is 0 Å². The van der Waals surface area contributed by atoms with Crippen molar-refractivity contribution >= 4 is 34.4 Å². The average molecular weight is 408 g/mol. The Morgan fingerprint density at radius 2 is 1.86 bits per heavy atom. The van der Waals surface area contributed by atoms with Crippen molar-refractivity contribution in [1.82, 2.24) is 14.5 Å². The number of thioether (sulfide) groups is 1. The van der Waals surface area contributed by atoms with Gasteiger partial charge in [0.2, 0.25) is 0 Å². The van der Waals surface area contributed by atoms with Crippen LogP contribution in [0.25, 0.3) is 27.8 Å². The summed E-state index contributed by atoms with van der Waals surface area (Å²) in [6.07, 6.45) is 7.48. The number of rotatable bonds is 7. The van der Waals surface area contributed by atoms with Crippen LogP contribution in [-0.4, -0.2) is 20.3 Å². The Hall–Kier alpha value is -2.30. The lowest BCUT2D eigenvalue weighted by Crippen LogP contribution is -1.95. The molecule has 0 unspecified atom stereocenters. The second kappa shape index (κ2) is 8.80. The Balaban J connectivity index is 1.88. The molecule has 0 spiro atoms. The minimum atomic E-state index is 0.712. The Morgan fingerprint density at radius 1 is 1.00 bits per heavy atom. The van der Waals surface area contributed by atoms with Crippen molar-refractivity contribution in [2.24, 2.45) is 0 Å². The molecule has 0 aliphatic carbocycles. The first-order chi connectivity index (χ1) is 13.8. The van der Waals surface area contributed by atoms with Gasteiger partial charge >= 0.3 is 0 Å². The minimum Gasteiger partial charge on any atom is -0.301 e. The normalized spacial score (nSPS) is 11.2. The third-order valence-corrected chi connectivity index (χ3v) is 6.02. The van der Waals surface area contributed by atoms with Gasteiger partial charge in [-0.15, -0.1) is 11.8 Å². The Kier molecular flexibility index (Phi) is 5.98. The van der Waals surface area contributed by atoms with E-state index in [1.54, 1.807) is 6.33 Å². The third-order valence-electron chi connectivity index (χ3n) is 4.71. The van der Waals surface area contributed by atoms with Gasteiger partial charge in [-0.25, -0.2) is 9.97 Å². The highest BCUT2D eigenvalue weighted by Crippen LogP contribution is 2.37. The van der Waals surface area contributed by atoms with Crippen molar-refractivity contribution in [2.45, 2.75) is 31.2 Å². The van der Waals surface area contributed by atoms with Crippen LogP contribution in [0.4, 0.5) is 0 Å². The standard InChI is InChI=1S/C23H22ClN3S/c1-2-3-7-13-28-23-21-20(17-9-5-4-6-10-17)15-27(22(21)25-16-26-23)19-12-8-11-18(24)14-19/h4-6,8-12,14-16H,2-3,7,13H2,1H3. The summed E-state index contributed by atoms with van der Waals surface area (Å²) in [5, 5.41) is 2.86. The van der Waals surface area contributed by atoms with Crippen molar-refractivity contribution in [3.05, 3.63) is 72.1 Å². The molecule has 0 aliphatic heterocycles. The van der Waals surface area contributed by atoms with Gasteiger partial charge < -0.3 is 4.57 Å². The van der Waals surface area contributed by atoms with Gasteiger partial charge in [-0.05, 0) is 35.9 Å². The SMILES string of the molecule is CCCCCSc1ncnc2c1c(-c1ccccc1)cn2-c1cccc(Cl)c1. The molecule has 2 aromatic carbocycles. The van der Waals surface area contributed by atoms with Crippen LogP contribution in [0.15, 0.2) is 72.1 Å². The first kappa shape index (κ1) is 19.0. The number of nitrogens with zero attached hydrogens (tertiary/aromatic N) is 3. The zero-order valence-electron chi connectivity index (χ0n) is 15.8. The summed E-state index contributed by atoms with van der Waals surface area (Å²) >= 11 is 8.07. The topological polar surface area (TPSA) is 30.7 Å². The van der Waals surface area contributed by atoms with Gasteiger partial charge in [0.25, 0.3) is 0 Å². The molecule has 4 rings (SSSR count). The van der Waals surface area contributed by atoms with Crippen molar-refractivity contribution in [3.8, 4) is 16.8 Å². The summed E-state index contributed by atoms with van der Waals surface area (Å²) in [5.74, 6) is 1.07. The van der Waals surface area contributed by atoms with Crippen LogP contribution >= 0.6 is 23.4 Å². The van der Waals surface area contributed by atoms with Gasteiger partial charge in [0.1, 0.15) is 17.0 Å². The van der Waals surface area contributed by atoms with Crippen molar-refractivity contribution in [3.63, 3.8) is 0 Å². The molecule has 5 heteroatoms. The van der Waals surface area contributed by atoms with Gasteiger partial charge in [-0.1, -0.05) is 67.8 Å². The molecule has 0 fully saturated rings. The fourth-order valence-corrected chi connectivity index (χ4v) is 4.52. The lowest BCUT2D eigenvalue weighted by molar-refractivity contribution is 0.778. The van der Waals surface area contributed by atoms with E-state index in [4.69, 9.17) is 11.6 Å². The van der Waals surface area contributed by atoms with Gasteiger partial charge in [0, 0.05) is 22.5 Å². The quantitative estimate of drug-likeness (QED) is 0.187. The molecule has 2 heterocycles. The van der Waals surface area contributed by atoms with E-state index in [9.17, 15) is 0 Å². The van der Waals surface area contributed by atoms with Crippen LogP contribution in [0.1, 0.15) is 26.2 Å². The molecule has 0 saturated heterocycles. The largest absolute Gasteiger partial charge is 0.301 e. The van der Waals surface area contributed by atoms with Crippen LogP contribution < -0.4 is 0 Å². The molecule has 0 atom stereocenters. The molecule has 0 radical (unpaired) electrons. The lowest BCUT2D eigenvalue weighted by Gasteiger charge is -2.06. The molecular formula is C23H22ClN3S. The van der Waals surface area contributed by atoms with Crippen LogP contribution in [-0.2, 0) is 0 Å². The molecule has 142 valence electrons. The number of unbranched alkanes of at least 4 members (excludes halogenated alkanes) is 2. The van der Waals surface area contributed by atoms with Crippen LogP contribution in [0, 0.1) is 0 Å². The van der Waals surface area contributed by atoms with Crippen molar-refractivity contribution < 1.29 is 0 Å². The zero-order valence-corrected chi connectivity index (χ0v) is 17.4. The Bertz CT molecular complexity index is 1080.